The third-order valence-electron chi connectivity index (χ3n) is 3.78. The number of likely N-dealkylation sites (tertiary alicyclic amines) is 1. The van der Waals surface area contributed by atoms with Crippen molar-refractivity contribution in [3.63, 3.8) is 0 Å². The molecule has 2 heterocycles. The summed E-state index contributed by atoms with van der Waals surface area (Å²) >= 11 is 0. The molecule has 1 aliphatic rings. The fraction of sp³-hybridized carbons (Fsp3) is 0.692. The number of nitrogens with two attached hydrogens (primary N) is 1. The van der Waals surface area contributed by atoms with E-state index in [1.807, 2.05) is 0 Å². The van der Waals surface area contributed by atoms with Crippen LogP contribution in [0.3, 0.4) is 0 Å². The molecule has 1 fully saturated rings. The molecule has 1 amide bonds. The van der Waals surface area contributed by atoms with Gasteiger partial charge < -0.3 is 16.0 Å². The number of nitrogens with zero attached hydrogens (tertiary/aromatic N) is 3. The number of aryl methyl sites for hydroxylation is 1. The molecule has 1 aliphatic heterocycles. The largest absolute Gasteiger partial charge is 0.396 e. The topological polar surface area (TPSA) is 76.2 Å². The van der Waals surface area contributed by atoms with Gasteiger partial charge in [-0.1, -0.05) is 6.92 Å². The summed E-state index contributed by atoms with van der Waals surface area (Å²) in [4.78, 5) is 14.4. The minimum absolute atomic E-state index is 0.170. The second kappa shape index (κ2) is 6.06. The summed E-state index contributed by atoms with van der Waals surface area (Å²) in [5.74, 6) is 0.396. The molecule has 0 saturated carbocycles. The molecule has 6 nitrogen and oxygen atoms in total. The highest BCUT2D eigenvalue weighted by Gasteiger charge is 2.20. The summed E-state index contributed by atoms with van der Waals surface area (Å²) in [7, 11) is 1.76. The van der Waals surface area contributed by atoms with Gasteiger partial charge in [-0.25, -0.2) is 0 Å². The molecule has 6 heteroatoms. The van der Waals surface area contributed by atoms with E-state index >= 15 is 0 Å². The van der Waals surface area contributed by atoms with E-state index in [9.17, 15) is 4.79 Å². The lowest BCUT2D eigenvalue weighted by Gasteiger charge is -2.30. The number of nitrogen functional groups attached to an aromatic ring is 1. The molecule has 1 aromatic rings. The zero-order valence-corrected chi connectivity index (χ0v) is 11.7. The van der Waals surface area contributed by atoms with Crippen LogP contribution in [0.2, 0.25) is 0 Å². The van der Waals surface area contributed by atoms with Crippen LogP contribution >= 0.6 is 0 Å². The Kier molecular flexibility index (Phi) is 4.42. The lowest BCUT2D eigenvalue weighted by molar-refractivity contribution is 0.0932. The zero-order valence-electron chi connectivity index (χ0n) is 11.7. The highest BCUT2D eigenvalue weighted by atomic mass is 16.2. The molecule has 0 atom stereocenters. The molecule has 0 unspecified atom stereocenters. The van der Waals surface area contributed by atoms with Crippen LogP contribution in [0.4, 0.5) is 5.69 Å². The Labute approximate surface area is 113 Å². The Morgan fingerprint density at radius 1 is 1.53 bits per heavy atom. The number of anilines is 1. The minimum atomic E-state index is -0.170. The summed E-state index contributed by atoms with van der Waals surface area (Å²) in [6, 6.07) is 0. The molecule has 3 N–H and O–H groups in total. The van der Waals surface area contributed by atoms with E-state index in [1.165, 1.54) is 0 Å². The van der Waals surface area contributed by atoms with Crippen LogP contribution in [-0.4, -0.2) is 46.8 Å². The molecular weight excluding hydrogens is 242 g/mol. The molecule has 1 aromatic heterocycles. The average Bonchev–Trinajstić information content (AvgIpc) is 2.75. The molecule has 0 radical (unpaired) electrons. The lowest BCUT2D eigenvalue weighted by Crippen LogP contribution is -2.38. The maximum atomic E-state index is 12.0. The first kappa shape index (κ1) is 13.9. The second-order valence-electron chi connectivity index (χ2n) is 5.19. The van der Waals surface area contributed by atoms with Crippen LogP contribution < -0.4 is 11.1 Å². The van der Waals surface area contributed by atoms with Crippen molar-refractivity contribution in [2.75, 3.05) is 31.9 Å². The van der Waals surface area contributed by atoms with E-state index < -0.39 is 0 Å². The maximum Gasteiger partial charge on any atom is 0.273 e. The predicted molar refractivity (Wildman–Crippen MR) is 74.8 cm³/mol. The number of rotatable bonds is 4. The summed E-state index contributed by atoms with van der Waals surface area (Å²) in [5.41, 5.74) is 6.50. The van der Waals surface area contributed by atoms with Gasteiger partial charge in [-0.05, 0) is 38.4 Å². The van der Waals surface area contributed by atoms with E-state index in [0.29, 0.717) is 23.8 Å². The highest BCUT2D eigenvalue weighted by molar-refractivity contribution is 5.96. The minimum Gasteiger partial charge on any atom is -0.396 e. The third-order valence-corrected chi connectivity index (χ3v) is 3.78. The van der Waals surface area contributed by atoms with Crippen LogP contribution in [0.5, 0.6) is 0 Å². The van der Waals surface area contributed by atoms with Gasteiger partial charge in [0, 0.05) is 19.8 Å². The quantitative estimate of drug-likeness (QED) is 0.829. The van der Waals surface area contributed by atoms with Gasteiger partial charge in [0.25, 0.3) is 5.91 Å². The van der Waals surface area contributed by atoms with Crippen LogP contribution in [0.1, 0.15) is 30.3 Å². The summed E-state index contributed by atoms with van der Waals surface area (Å²) in [5, 5.41) is 7.01. The Morgan fingerprint density at radius 2 is 2.21 bits per heavy atom. The Bertz CT molecular complexity index is 434. The van der Waals surface area contributed by atoms with E-state index in [4.69, 9.17) is 5.73 Å². The van der Waals surface area contributed by atoms with Crippen molar-refractivity contribution in [1.29, 1.82) is 0 Å². The molecule has 0 aliphatic carbocycles. The molecule has 106 valence electrons. The molecule has 19 heavy (non-hydrogen) atoms. The Hall–Kier alpha value is -1.56. The second-order valence-corrected chi connectivity index (χ2v) is 5.19. The standard InChI is InChI=1S/C13H23N5O/c1-3-18-6-4-10(5-7-18)8-15-13(19)12-11(14)9-17(2)16-12/h9-10H,3-8,14H2,1-2H3,(H,15,19). The number of piperidine rings is 1. The van der Waals surface area contributed by atoms with Crippen molar-refractivity contribution in [3.8, 4) is 0 Å². The van der Waals surface area contributed by atoms with Crippen molar-refractivity contribution in [1.82, 2.24) is 20.0 Å². The smallest absolute Gasteiger partial charge is 0.273 e. The summed E-state index contributed by atoms with van der Waals surface area (Å²) in [6.07, 6.45) is 3.94. The zero-order chi connectivity index (χ0) is 13.8. The van der Waals surface area contributed by atoms with Gasteiger partial charge in [-0.15, -0.1) is 0 Å². The van der Waals surface area contributed by atoms with E-state index in [1.54, 1.807) is 17.9 Å². The van der Waals surface area contributed by atoms with Gasteiger partial charge in [0.2, 0.25) is 0 Å². The van der Waals surface area contributed by atoms with Crippen LogP contribution in [0.25, 0.3) is 0 Å². The number of carbonyl (C=O) groups is 1. The summed E-state index contributed by atoms with van der Waals surface area (Å²) in [6.45, 7) is 6.27. The fourth-order valence-corrected chi connectivity index (χ4v) is 2.51. The third kappa shape index (κ3) is 3.47. The monoisotopic (exact) mass is 265 g/mol. The van der Waals surface area contributed by atoms with Gasteiger partial charge in [0.15, 0.2) is 5.69 Å². The number of aromatic nitrogens is 2. The predicted octanol–water partition coefficient (Wildman–Crippen LogP) is 0.464. The van der Waals surface area contributed by atoms with Crippen molar-refractivity contribution >= 4 is 11.6 Å². The van der Waals surface area contributed by atoms with E-state index in [0.717, 1.165) is 32.5 Å². The Morgan fingerprint density at radius 3 is 2.74 bits per heavy atom. The Balaban J connectivity index is 1.80. The van der Waals surface area contributed by atoms with E-state index in [2.05, 4.69) is 22.2 Å². The molecular formula is C13H23N5O. The van der Waals surface area contributed by atoms with Crippen LogP contribution in [-0.2, 0) is 7.05 Å². The van der Waals surface area contributed by atoms with Crippen molar-refractivity contribution in [2.45, 2.75) is 19.8 Å². The van der Waals surface area contributed by atoms with E-state index in [-0.39, 0.29) is 5.91 Å². The van der Waals surface area contributed by atoms with Crippen molar-refractivity contribution in [3.05, 3.63) is 11.9 Å². The van der Waals surface area contributed by atoms with Crippen molar-refractivity contribution < 1.29 is 4.79 Å². The maximum absolute atomic E-state index is 12.0. The highest BCUT2D eigenvalue weighted by Crippen LogP contribution is 2.16. The lowest BCUT2D eigenvalue weighted by atomic mass is 9.97. The SMILES string of the molecule is CCN1CCC(CNC(=O)c2nn(C)cc2N)CC1. The van der Waals surface area contributed by atoms with Crippen LogP contribution in [0.15, 0.2) is 6.20 Å². The number of hydrogen-bond donors (Lipinski definition) is 2. The molecule has 0 aromatic carbocycles. The number of carbonyl (C=O) groups excluding carboxylic acids is 1. The van der Waals surface area contributed by atoms with Gasteiger partial charge in [0.05, 0.1) is 5.69 Å². The summed E-state index contributed by atoms with van der Waals surface area (Å²) < 4.78 is 1.56. The molecule has 0 spiro atoms. The number of amides is 1. The molecule has 1 saturated heterocycles. The molecule has 2 rings (SSSR count). The fourth-order valence-electron chi connectivity index (χ4n) is 2.51. The number of hydrogen-bond acceptors (Lipinski definition) is 4. The van der Waals surface area contributed by atoms with Gasteiger partial charge in [0.1, 0.15) is 0 Å². The molecule has 0 bridgehead atoms. The normalized spacial score (nSPS) is 17.6. The average molecular weight is 265 g/mol. The first-order valence-electron chi connectivity index (χ1n) is 6.89. The van der Waals surface area contributed by atoms with Gasteiger partial charge in [-0.2, -0.15) is 5.10 Å². The van der Waals surface area contributed by atoms with Crippen molar-refractivity contribution in [2.24, 2.45) is 13.0 Å². The van der Waals surface area contributed by atoms with Crippen LogP contribution in [0, 0.1) is 5.92 Å². The first-order chi connectivity index (χ1) is 9.10. The van der Waals surface area contributed by atoms with Gasteiger partial charge >= 0.3 is 0 Å². The first-order valence-corrected chi connectivity index (χ1v) is 6.89. The van der Waals surface area contributed by atoms with Gasteiger partial charge in [-0.3, -0.25) is 9.48 Å². The number of nitrogens with one attached hydrogen (secondary N) is 1.